The Balaban J connectivity index is 1.85. The van der Waals surface area contributed by atoms with E-state index < -0.39 is 0 Å². The summed E-state index contributed by atoms with van der Waals surface area (Å²) in [6, 6.07) is -0.0834. The highest BCUT2D eigenvalue weighted by Gasteiger charge is 2.23. The van der Waals surface area contributed by atoms with Gasteiger partial charge in [-0.15, -0.1) is 0 Å². The number of hydrogen-bond acceptors (Lipinski definition) is 5. The third-order valence-electron chi connectivity index (χ3n) is 9.39. The van der Waals surface area contributed by atoms with Gasteiger partial charge in [0.05, 0.1) is 26.0 Å². The number of ether oxygens (including phenoxy) is 2. The molecule has 8 nitrogen and oxygen atoms in total. The van der Waals surface area contributed by atoms with Crippen molar-refractivity contribution in [3.05, 3.63) is 77.3 Å². The average Bonchev–Trinajstić information content (AvgIpc) is 3.67. The Labute approximate surface area is 258 Å². The molecule has 0 saturated carbocycles. The van der Waals surface area contributed by atoms with Gasteiger partial charge < -0.3 is 24.4 Å². The van der Waals surface area contributed by atoms with E-state index in [1.807, 2.05) is 0 Å². The van der Waals surface area contributed by atoms with E-state index in [-0.39, 0.29) is 30.8 Å². The summed E-state index contributed by atoms with van der Waals surface area (Å²) >= 11 is 0. The molecule has 3 aromatic rings. The fourth-order valence-electron chi connectivity index (χ4n) is 6.67. The minimum atomic E-state index is -0.244. The number of carbonyl (C=O) groups is 2. The van der Waals surface area contributed by atoms with Crippen molar-refractivity contribution in [3.8, 4) is 0 Å². The number of carbonyl (C=O) groups excluding carboxylic acids is 2. The summed E-state index contributed by atoms with van der Waals surface area (Å²) in [4.78, 5) is 40.6. The van der Waals surface area contributed by atoms with Gasteiger partial charge in [-0.2, -0.15) is 0 Å². The summed E-state index contributed by atoms with van der Waals surface area (Å²) < 4.78 is 9.94. The van der Waals surface area contributed by atoms with Crippen LogP contribution in [0.1, 0.15) is 84.8 Å². The van der Waals surface area contributed by atoms with Crippen molar-refractivity contribution in [2.45, 2.75) is 86.1 Å². The number of hydrogen-bond donors (Lipinski definition) is 3. The zero-order valence-corrected chi connectivity index (χ0v) is 27.2. The first-order valence-electron chi connectivity index (χ1n) is 15.5. The molecule has 3 N–H and O–H groups in total. The summed E-state index contributed by atoms with van der Waals surface area (Å²) in [6.07, 6.45) is 12.1. The summed E-state index contributed by atoms with van der Waals surface area (Å²) in [5, 5.41) is 4.06. The number of aliphatic imine (C=N–C) groups is 1. The molecule has 0 spiro atoms. The van der Waals surface area contributed by atoms with Crippen LogP contribution in [-0.2, 0) is 38.3 Å². The molecule has 1 atom stereocenters. The molecular formula is C36H44N4O4. The number of aromatic amines is 3. The van der Waals surface area contributed by atoms with Crippen LogP contribution in [0.25, 0.3) is 24.3 Å². The number of methoxy groups -OCH3 is 2. The third kappa shape index (κ3) is 5.77. The number of allylic oxidation sites excluding steroid dienone is 1. The fraction of sp³-hybridized carbons (Fsp3) is 0.417. The van der Waals surface area contributed by atoms with Gasteiger partial charge in [-0.1, -0.05) is 13.8 Å². The number of esters is 2. The summed E-state index contributed by atoms with van der Waals surface area (Å²) in [7, 11) is 2.84. The van der Waals surface area contributed by atoms with E-state index in [1.165, 1.54) is 36.5 Å². The molecule has 1 unspecified atom stereocenters. The fourth-order valence-corrected chi connectivity index (χ4v) is 6.67. The van der Waals surface area contributed by atoms with Gasteiger partial charge in [0, 0.05) is 45.6 Å². The largest absolute Gasteiger partial charge is 0.469 e. The Morgan fingerprint density at radius 2 is 1.30 bits per heavy atom. The molecule has 0 fully saturated rings. The number of rotatable bonds is 8. The average molecular weight is 597 g/mol. The quantitative estimate of drug-likeness (QED) is 0.347. The Kier molecular flexibility index (Phi) is 9.00. The van der Waals surface area contributed by atoms with Crippen LogP contribution in [0.3, 0.4) is 0 Å². The monoisotopic (exact) mass is 596 g/mol. The highest BCUT2D eigenvalue weighted by atomic mass is 16.5. The second-order valence-electron chi connectivity index (χ2n) is 11.7. The second-order valence-corrected chi connectivity index (χ2v) is 11.7. The van der Waals surface area contributed by atoms with Crippen LogP contribution in [0.5, 0.6) is 0 Å². The first-order valence-corrected chi connectivity index (χ1v) is 15.5. The zero-order valence-electron chi connectivity index (χ0n) is 27.2. The molecule has 0 amide bonds. The van der Waals surface area contributed by atoms with Crippen molar-refractivity contribution in [2.75, 3.05) is 14.2 Å². The van der Waals surface area contributed by atoms with E-state index in [4.69, 9.17) is 14.5 Å². The molecule has 8 heteroatoms. The number of nitrogens with zero attached hydrogens (tertiary/aromatic N) is 1. The standard InChI is InChI=1S/C36H44N4O4/c1-9-23-19(3)27-15-28-21(5)25(11-13-35(41)43-7)33(39-28)18-34-26(12-14-36(42)44-8)22(6)30(40-34)17-32-24(10-2)20(4)29(38-32)16-31(23)37-27/h15-18,32,37,39-40H,9-14H2,1-8H3/b27-15?,30-17-,31-16?,34-18-. The van der Waals surface area contributed by atoms with E-state index in [0.29, 0.717) is 12.8 Å². The molecule has 0 radical (unpaired) electrons. The highest BCUT2D eigenvalue weighted by Crippen LogP contribution is 2.27. The lowest BCUT2D eigenvalue weighted by Gasteiger charge is -2.06. The zero-order chi connectivity index (χ0) is 31.7. The second kappa shape index (κ2) is 12.7. The molecule has 3 aromatic heterocycles. The van der Waals surface area contributed by atoms with E-state index in [1.54, 1.807) is 0 Å². The van der Waals surface area contributed by atoms with Crippen molar-refractivity contribution in [3.63, 3.8) is 0 Å². The van der Waals surface area contributed by atoms with E-state index in [9.17, 15) is 9.59 Å². The maximum Gasteiger partial charge on any atom is 0.305 e. The molecule has 5 rings (SSSR count). The van der Waals surface area contributed by atoms with Gasteiger partial charge >= 0.3 is 11.9 Å². The van der Waals surface area contributed by atoms with Gasteiger partial charge in [0.25, 0.3) is 0 Å². The topological polar surface area (TPSA) is 112 Å². The molecule has 44 heavy (non-hydrogen) atoms. The first kappa shape index (κ1) is 31.1. The van der Waals surface area contributed by atoms with Crippen molar-refractivity contribution in [2.24, 2.45) is 4.99 Å². The normalized spacial score (nSPS) is 17.2. The van der Waals surface area contributed by atoms with Gasteiger partial charge in [0.15, 0.2) is 0 Å². The lowest BCUT2D eigenvalue weighted by atomic mass is 9.99. The van der Waals surface area contributed by atoms with Crippen molar-refractivity contribution >= 4 is 42.0 Å². The Morgan fingerprint density at radius 1 is 0.705 bits per heavy atom. The van der Waals surface area contributed by atoms with Crippen LogP contribution < -0.4 is 21.4 Å². The maximum absolute atomic E-state index is 12.2. The minimum Gasteiger partial charge on any atom is -0.469 e. The molecule has 0 saturated heterocycles. The third-order valence-corrected chi connectivity index (χ3v) is 9.39. The molecule has 0 aromatic carbocycles. The first-order chi connectivity index (χ1) is 21.1. The smallest absolute Gasteiger partial charge is 0.305 e. The number of nitrogens with one attached hydrogen (secondary N) is 3. The van der Waals surface area contributed by atoms with Crippen LogP contribution in [0.15, 0.2) is 16.1 Å². The van der Waals surface area contributed by atoms with E-state index in [2.05, 4.69) is 80.8 Å². The molecule has 5 heterocycles. The minimum absolute atomic E-state index is 0.0834. The molecule has 0 aliphatic carbocycles. The molecule has 2 aliphatic heterocycles. The summed E-state index contributed by atoms with van der Waals surface area (Å²) in [6.45, 7) is 12.9. The predicted molar refractivity (Wildman–Crippen MR) is 175 cm³/mol. The lowest BCUT2D eigenvalue weighted by molar-refractivity contribution is -0.141. The predicted octanol–water partition coefficient (Wildman–Crippen LogP) is 3.15. The number of aromatic nitrogens is 3. The molecule has 8 bridgehead atoms. The van der Waals surface area contributed by atoms with Crippen molar-refractivity contribution in [1.82, 2.24) is 15.0 Å². The van der Waals surface area contributed by atoms with Gasteiger partial charge in [-0.05, 0) is 122 Å². The Morgan fingerprint density at radius 3 is 1.93 bits per heavy atom. The maximum atomic E-state index is 12.2. The number of H-pyrrole nitrogens is 3. The van der Waals surface area contributed by atoms with E-state index >= 15 is 0 Å². The highest BCUT2D eigenvalue weighted by molar-refractivity contribution is 6.22. The van der Waals surface area contributed by atoms with Crippen LogP contribution in [0.4, 0.5) is 0 Å². The van der Waals surface area contributed by atoms with Crippen molar-refractivity contribution < 1.29 is 19.1 Å². The number of fused-ring (bicyclic) bond motifs is 7. The van der Waals surface area contributed by atoms with Gasteiger partial charge in [0.2, 0.25) is 0 Å². The molecular weight excluding hydrogens is 552 g/mol. The van der Waals surface area contributed by atoms with E-state index in [0.717, 1.165) is 73.6 Å². The van der Waals surface area contributed by atoms with Crippen LogP contribution >= 0.6 is 0 Å². The van der Waals surface area contributed by atoms with Gasteiger partial charge in [-0.3, -0.25) is 14.6 Å². The van der Waals surface area contributed by atoms with Gasteiger partial charge in [-0.25, -0.2) is 0 Å². The van der Waals surface area contributed by atoms with Crippen LogP contribution in [0.2, 0.25) is 0 Å². The summed E-state index contributed by atoms with van der Waals surface area (Å²) in [5.41, 5.74) is 12.2. The SMILES string of the molecule is CCC1=C(C)C2=NC1/C=c1\[nH]/c(c(CCC(=O)OC)c1C)=C\c1[nH]c(c(C)c1CCC(=O)OC)C=c1[nH]c(c(CC)c1C)=C2. The Bertz CT molecular complexity index is 1940. The Hall–Kier alpha value is -4.33. The molecule has 2 aliphatic rings. The van der Waals surface area contributed by atoms with Crippen LogP contribution in [0, 0.1) is 20.8 Å². The summed E-state index contributed by atoms with van der Waals surface area (Å²) in [5.74, 6) is -0.489. The molecule has 232 valence electrons. The van der Waals surface area contributed by atoms with Gasteiger partial charge in [0.1, 0.15) is 0 Å². The van der Waals surface area contributed by atoms with Crippen LogP contribution in [-0.4, -0.2) is 52.9 Å². The lowest BCUT2D eigenvalue weighted by Crippen LogP contribution is -2.16. The van der Waals surface area contributed by atoms with Crippen molar-refractivity contribution in [1.29, 1.82) is 0 Å².